The normalized spacial score (nSPS) is 15.6. The van der Waals surface area contributed by atoms with E-state index in [9.17, 15) is 4.79 Å². The van der Waals surface area contributed by atoms with Gasteiger partial charge in [-0.2, -0.15) is 0 Å². The summed E-state index contributed by atoms with van der Waals surface area (Å²) < 4.78 is 16.2. The first-order valence-corrected chi connectivity index (χ1v) is 6.41. The maximum Gasteiger partial charge on any atom is 0.307 e. The predicted octanol–water partition coefficient (Wildman–Crippen LogP) is 1.85. The van der Waals surface area contributed by atoms with E-state index in [0.29, 0.717) is 19.8 Å². The molecule has 1 aliphatic heterocycles. The summed E-state index contributed by atoms with van der Waals surface area (Å²) in [6.07, 6.45) is 1.65. The first-order valence-electron chi connectivity index (χ1n) is 6.41. The van der Waals surface area contributed by atoms with Crippen LogP contribution in [0.3, 0.4) is 0 Å². The molecular formula is C14H18O5. The minimum Gasteiger partial charge on any atom is -0.494 e. The van der Waals surface area contributed by atoms with Crippen molar-refractivity contribution in [2.75, 3.05) is 19.8 Å². The van der Waals surface area contributed by atoms with E-state index in [1.807, 2.05) is 0 Å². The molecule has 0 bridgehead atoms. The zero-order chi connectivity index (χ0) is 13.5. The fourth-order valence-electron chi connectivity index (χ4n) is 1.89. The lowest BCUT2D eigenvalue weighted by Gasteiger charge is -2.10. The molecule has 1 fully saturated rings. The molecule has 0 aliphatic carbocycles. The number of carbonyl (C=O) groups is 1. The lowest BCUT2D eigenvalue weighted by molar-refractivity contribution is -0.136. The molecule has 0 spiro atoms. The average Bonchev–Trinajstić information content (AvgIpc) is 2.89. The van der Waals surface area contributed by atoms with Gasteiger partial charge in [-0.15, -0.1) is 0 Å². The lowest BCUT2D eigenvalue weighted by atomic mass is 10.1. The van der Waals surface area contributed by atoms with Crippen LogP contribution >= 0.6 is 0 Å². The van der Waals surface area contributed by atoms with Gasteiger partial charge in [-0.1, -0.05) is 12.1 Å². The fraction of sp³-hybridized carbons (Fsp3) is 0.500. The molecule has 0 atom stereocenters. The number of benzene rings is 1. The van der Waals surface area contributed by atoms with Crippen LogP contribution in [0.5, 0.6) is 5.75 Å². The summed E-state index contributed by atoms with van der Waals surface area (Å²) in [6, 6.07) is 7.13. The topological polar surface area (TPSA) is 65.0 Å². The van der Waals surface area contributed by atoms with E-state index in [-0.39, 0.29) is 12.7 Å². The molecule has 0 amide bonds. The van der Waals surface area contributed by atoms with Crippen LogP contribution < -0.4 is 4.74 Å². The van der Waals surface area contributed by atoms with Gasteiger partial charge in [0.25, 0.3) is 0 Å². The van der Waals surface area contributed by atoms with Crippen LogP contribution in [-0.4, -0.2) is 37.2 Å². The van der Waals surface area contributed by atoms with Crippen molar-refractivity contribution in [3.8, 4) is 5.75 Å². The highest BCUT2D eigenvalue weighted by Crippen LogP contribution is 2.14. The zero-order valence-corrected chi connectivity index (χ0v) is 10.7. The molecule has 0 unspecified atom stereocenters. The first-order chi connectivity index (χ1) is 9.24. The highest BCUT2D eigenvalue weighted by Gasteiger charge is 2.14. The Morgan fingerprint density at radius 2 is 1.95 bits per heavy atom. The molecule has 0 saturated carbocycles. The minimum atomic E-state index is -0.828. The maximum absolute atomic E-state index is 10.5. The number of hydrogen-bond donors (Lipinski definition) is 1. The molecule has 1 heterocycles. The highest BCUT2D eigenvalue weighted by atomic mass is 16.7. The molecule has 1 aromatic carbocycles. The Morgan fingerprint density at radius 1 is 1.26 bits per heavy atom. The molecule has 19 heavy (non-hydrogen) atoms. The summed E-state index contributed by atoms with van der Waals surface area (Å²) >= 11 is 0. The van der Waals surface area contributed by atoms with Gasteiger partial charge >= 0.3 is 5.97 Å². The van der Waals surface area contributed by atoms with Crippen molar-refractivity contribution in [1.82, 2.24) is 0 Å². The predicted molar refractivity (Wildman–Crippen MR) is 68.2 cm³/mol. The van der Waals surface area contributed by atoms with Crippen LogP contribution in [0.4, 0.5) is 0 Å². The van der Waals surface area contributed by atoms with Gasteiger partial charge < -0.3 is 19.3 Å². The van der Waals surface area contributed by atoms with E-state index in [4.69, 9.17) is 19.3 Å². The van der Waals surface area contributed by atoms with Gasteiger partial charge in [0.1, 0.15) is 5.75 Å². The molecule has 1 N–H and O–H groups in total. The van der Waals surface area contributed by atoms with E-state index >= 15 is 0 Å². The van der Waals surface area contributed by atoms with Crippen molar-refractivity contribution in [2.45, 2.75) is 25.6 Å². The summed E-state index contributed by atoms with van der Waals surface area (Å²) in [6.45, 7) is 1.95. The third-order valence-electron chi connectivity index (χ3n) is 2.82. The number of carboxylic acids is 1. The Labute approximate surface area is 112 Å². The molecule has 1 saturated heterocycles. The van der Waals surface area contributed by atoms with Crippen molar-refractivity contribution in [3.63, 3.8) is 0 Å². The van der Waals surface area contributed by atoms with E-state index in [1.54, 1.807) is 24.3 Å². The van der Waals surface area contributed by atoms with E-state index < -0.39 is 5.97 Å². The fourth-order valence-corrected chi connectivity index (χ4v) is 1.89. The smallest absolute Gasteiger partial charge is 0.307 e. The Kier molecular flexibility index (Phi) is 5.18. The second-order valence-corrected chi connectivity index (χ2v) is 4.38. The standard InChI is InChI=1S/C14H18O5/c15-13(16)10-11-3-5-12(6-4-11)17-7-1-2-14-18-8-9-19-14/h3-6,14H,1-2,7-10H2,(H,15,16). The number of ether oxygens (including phenoxy) is 3. The average molecular weight is 266 g/mol. The first kappa shape index (κ1) is 13.8. The van der Waals surface area contributed by atoms with Crippen molar-refractivity contribution < 1.29 is 24.1 Å². The molecular weight excluding hydrogens is 248 g/mol. The quantitative estimate of drug-likeness (QED) is 0.763. The van der Waals surface area contributed by atoms with Crippen LogP contribution in [-0.2, 0) is 20.7 Å². The van der Waals surface area contributed by atoms with Crippen molar-refractivity contribution in [2.24, 2.45) is 0 Å². The van der Waals surface area contributed by atoms with Gasteiger partial charge in [0.2, 0.25) is 0 Å². The third-order valence-corrected chi connectivity index (χ3v) is 2.82. The number of carboxylic acid groups (broad SMARTS) is 1. The van der Waals surface area contributed by atoms with Gasteiger partial charge in [0.15, 0.2) is 6.29 Å². The second-order valence-electron chi connectivity index (χ2n) is 4.38. The van der Waals surface area contributed by atoms with Crippen LogP contribution in [0.25, 0.3) is 0 Å². The van der Waals surface area contributed by atoms with Crippen molar-refractivity contribution in [3.05, 3.63) is 29.8 Å². The summed E-state index contributed by atoms with van der Waals surface area (Å²) in [4.78, 5) is 10.5. The summed E-state index contributed by atoms with van der Waals surface area (Å²) in [5.74, 6) is -0.0763. The summed E-state index contributed by atoms with van der Waals surface area (Å²) in [7, 11) is 0. The molecule has 5 heteroatoms. The molecule has 0 radical (unpaired) electrons. The minimum absolute atomic E-state index is 0.0383. The molecule has 104 valence electrons. The maximum atomic E-state index is 10.5. The van der Waals surface area contributed by atoms with Crippen molar-refractivity contribution in [1.29, 1.82) is 0 Å². The van der Waals surface area contributed by atoms with Crippen LogP contribution in [0.15, 0.2) is 24.3 Å². The Morgan fingerprint density at radius 3 is 2.58 bits per heavy atom. The van der Waals surface area contributed by atoms with Gasteiger partial charge in [0.05, 0.1) is 26.2 Å². The Bertz CT molecular complexity index is 395. The van der Waals surface area contributed by atoms with Gasteiger partial charge in [0, 0.05) is 6.42 Å². The Hall–Kier alpha value is -1.59. The monoisotopic (exact) mass is 266 g/mol. The van der Waals surface area contributed by atoms with Gasteiger partial charge in [-0.05, 0) is 24.1 Å². The largest absolute Gasteiger partial charge is 0.494 e. The second kappa shape index (κ2) is 7.11. The Balaban J connectivity index is 1.66. The SMILES string of the molecule is O=C(O)Cc1ccc(OCCCC2OCCO2)cc1. The zero-order valence-electron chi connectivity index (χ0n) is 10.7. The van der Waals surface area contributed by atoms with Crippen LogP contribution in [0.1, 0.15) is 18.4 Å². The van der Waals surface area contributed by atoms with Gasteiger partial charge in [-0.3, -0.25) is 4.79 Å². The van der Waals surface area contributed by atoms with E-state index in [0.717, 1.165) is 24.2 Å². The number of rotatable bonds is 7. The van der Waals surface area contributed by atoms with Crippen molar-refractivity contribution >= 4 is 5.97 Å². The molecule has 1 aromatic rings. The van der Waals surface area contributed by atoms with E-state index in [1.165, 1.54) is 0 Å². The summed E-state index contributed by atoms with van der Waals surface area (Å²) in [5.41, 5.74) is 0.771. The van der Waals surface area contributed by atoms with Gasteiger partial charge in [-0.25, -0.2) is 0 Å². The van der Waals surface area contributed by atoms with Crippen LogP contribution in [0, 0.1) is 0 Å². The number of hydrogen-bond acceptors (Lipinski definition) is 4. The molecule has 1 aliphatic rings. The van der Waals surface area contributed by atoms with Crippen LogP contribution in [0.2, 0.25) is 0 Å². The summed E-state index contributed by atoms with van der Waals surface area (Å²) in [5, 5.41) is 8.66. The molecule has 5 nitrogen and oxygen atoms in total. The lowest BCUT2D eigenvalue weighted by Crippen LogP contribution is -2.09. The van der Waals surface area contributed by atoms with E-state index in [2.05, 4.69) is 0 Å². The number of aliphatic carboxylic acids is 1. The molecule has 2 rings (SSSR count). The third kappa shape index (κ3) is 4.89. The highest BCUT2D eigenvalue weighted by molar-refractivity contribution is 5.70. The molecule has 0 aromatic heterocycles.